The van der Waals surface area contributed by atoms with Gasteiger partial charge in [-0.15, -0.1) is 0 Å². The first-order chi connectivity index (χ1) is 24.0. The monoisotopic (exact) mass is 762 g/mol. The van der Waals surface area contributed by atoms with Crippen molar-refractivity contribution in [2.75, 3.05) is 24.4 Å². The number of amides is 2. The van der Waals surface area contributed by atoms with Crippen molar-refractivity contribution in [2.45, 2.75) is 64.6 Å². The molecule has 51 heavy (non-hydrogen) atoms. The molecule has 0 aliphatic carbocycles. The quantitative estimate of drug-likeness (QED) is 0.112. The van der Waals surface area contributed by atoms with E-state index < -0.39 is 29.4 Å². The molecule has 0 aromatic heterocycles. The molecular formula is C40H47BrN2O8. The highest BCUT2D eigenvalue weighted by Crippen LogP contribution is 2.21. The maximum Gasteiger partial charge on any atom is 0.415 e. The van der Waals surface area contributed by atoms with Crippen molar-refractivity contribution in [1.29, 1.82) is 0 Å². The molecule has 4 aromatic carbocycles. The number of methoxy groups -OCH3 is 2. The summed E-state index contributed by atoms with van der Waals surface area (Å²) in [6.45, 7) is 11.3. The summed E-state index contributed by atoms with van der Waals surface area (Å²) < 4.78 is 19.9. The Morgan fingerprint density at radius 2 is 1.04 bits per heavy atom. The highest BCUT2D eigenvalue weighted by molar-refractivity contribution is 9.08. The summed E-state index contributed by atoms with van der Waals surface area (Å²) in [5.41, 5.74) is 3.51. The molecule has 4 aromatic rings. The van der Waals surface area contributed by atoms with E-state index in [9.17, 15) is 19.2 Å². The molecule has 0 heterocycles. The number of hydrogen-bond acceptors (Lipinski definition) is 8. The molecule has 4 rings (SSSR count). The van der Waals surface area contributed by atoms with E-state index in [1.807, 2.05) is 114 Å². The molecule has 0 aliphatic rings. The van der Waals surface area contributed by atoms with Gasteiger partial charge in [-0.3, -0.25) is 10.2 Å². The zero-order valence-electron chi connectivity index (χ0n) is 30.4. The van der Waals surface area contributed by atoms with Gasteiger partial charge in [-0.1, -0.05) is 76.6 Å². The fourth-order valence-corrected chi connectivity index (χ4v) is 4.40. The Morgan fingerprint density at radius 3 is 1.45 bits per heavy atom. The summed E-state index contributed by atoms with van der Waals surface area (Å²) in [6.07, 6.45) is -0.848. The molecule has 0 aliphatic heterocycles. The van der Waals surface area contributed by atoms with E-state index in [0.717, 1.165) is 27.8 Å². The van der Waals surface area contributed by atoms with Crippen LogP contribution in [0.2, 0.25) is 0 Å². The smallest absolute Gasteiger partial charge is 0.415 e. The molecule has 0 saturated carbocycles. The van der Waals surface area contributed by atoms with Crippen LogP contribution in [0.15, 0.2) is 109 Å². The van der Waals surface area contributed by atoms with Gasteiger partial charge in [-0.05, 0) is 101 Å². The van der Waals surface area contributed by atoms with E-state index in [-0.39, 0.29) is 5.97 Å². The van der Waals surface area contributed by atoms with Crippen molar-refractivity contribution in [2.24, 2.45) is 0 Å². The number of esters is 2. The molecule has 10 nitrogen and oxygen atoms in total. The van der Waals surface area contributed by atoms with Crippen LogP contribution in [0.1, 0.15) is 73.4 Å². The number of para-hydroxylation sites is 2. The number of rotatable bonds is 7. The number of carbonyl (C=O) groups is 4. The number of halogens is 1. The summed E-state index contributed by atoms with van der Waals surface area (Å²) >= 11 is 3.32. The molecule has 0 radical (unpaired) electrons. The lowest BCUT2D eigenvalue weighted by atomic mass is 10.1. The molecule has 1 N–H and O–H groups in total. The third-order valence-electron chi connectivity index (χ3n) is 6.35. The van der Waals surface area contributed by atoms with E-state index in [4.69, 9.17) is 14.2 Å². The first kappa shape index (κ1) is 42.0. The van der Waals surface area contributed by atoms with Gasteiger partial charge in [0.05, 0.1) is 31.9 Å². The molecule has 0 fully saturated rings. The lowest BCUT2D eigenvalue weighted by Crippen LogP contribution is -2.36. The second-order valence-corrected chi connectivity index (χ2v) is 13.5. The third-order valence-corrected chi connectivity index (χ3v) is 6.99. The SMILES string of the molecule is CC(C)(C)OC(=O)Nc1ccccc1.COC(=O)c1ccc(CBr)cc1.COC(=O)c1ccc(CN(C(=O)OC(C)(C)C)c2ccccc2)cc1. The number of alkyl halides is 1. The number of hydrogen-bond donors (Lipinski definition) is 1. The van der Waals surface area contributed by atoms with Crippen LogP contribution in [0.5, 0.6) is 0 Å². The molecular weight excluding hydrogens is 716 g/mol. The summed E-state index contributed by atoms with van der Waals surface area (Å²) in [6, 6.07) is 32.8. The second-order valence-electron chi connectivity index (χ2n) is 12.9. The van der Waals surface area contributed by atoms with Crippen molar-refractivity contribution >= 4 is 51.4 Å². The summed E-state index contributed by atoms with van der Waals surface area (Å²) in [4.78, 5) is 48.0. The summed E-state index contributed by atoms with van der Waals surface area (Å²) in [5, 5.41) is 3.44. The van der Waals surface area contributed by atoms with Gasteiger partial charge < -0.3 is 18.9 Å². The van der Waals surface area contributed by atoms with Crippen LogP contribution in [-0.4, -0.2) is 49.5 Å². The standard InChI is InChI=1S/C20H23NO4.C11H15NO2.C9H9BrO2/c1-20(2,3)25-19(23)21(17-8-6-5-7-9-17)14-15-10-12-16(13-11-15)18(22)24-4;1-11(2,3)14-10(13)12-9-7-5-4-6-8-9;1-12-9(11)8-4-2-7(6-10)3-5-8/h5-13H,14H2,1-4H3;4-8H,1-3H3,(H,12,13);2-5H,6H2,1H3. The molecule has 11 heteroatoms. The molecule has 272 valence electrons. The summed E-state index contributed by atoms with van der Waals surface area (Å²) in [7, 11) is 2.72. The Bertz CT molecular complexity index is 1670. The first-order valence-electron chi connectivity index (χ1n) is 16.1. The molecule has 0 unspecified atom stereocenters. The second kappa shape index (κ2) is 20.5. The van der Waals surface area contributed by atoms with Gasteiger partial charge in [0.2, 0.25) is 0 Å². The molecule has 0 bridgehead atoms. The molecule has 0 saturated heterocycles. The van der Waals surface area contributed by atoms with E-state index >= 15 is 0 Å². The number of anilines is 2. The Labute approximate surface area is 309 Å². The van der Waals surface area contributed by atoms with Crippen LogP contribution < -0.4 is 10.2 Å². The number of nitrogens with one attached hydrogen (secondary N) is 1. The summed E-state index contributed by atoms with van der Waals surface area (Å²) in [5.74, 6) is -0.685. The average Bonchev–Trinajstić information content (AvgIpc) is 3.10. The lowest BCUT2D eigenvalue weighted by molar-refractivity contribution is 0.0571. The van der Waals surface area contributed by atoms with Gasteiger partial charge in [-0.25, -0.2) is 19.2 Å². The first-order valence-corrected chi connectivity index (χ1v) is 17.2. The Morgan fingerprint density at radius 1 is 0.608 bits per heavy atom. The van der Waals surface area contributed by atoms with Crippen LogP contribution in [0, 0.1) is 0 Å². The van der Waals surface area contributed by atoms with Gasteiger partial charge in [0, 0.05) is 16.7 Å². The van der Waals surface area contributed by atoms with Crippen LogP contribution in [0.3, 0.4) is 0 Å². The number of carbonyl (C=O) groups excluding carboxylic acids is 4. The lowest BCUT2D eigenvalue weighted by Gasteiger charge is -2.27. The third kappa shape index (κ3) is 16.4. The van der Waals surface area contributed by atoms with Crippen molar-refractivity contribution in [3.63, 3.8) is 0 Å². The normalized spacial score (nSPS) is 10.5. The Hall–Kier alpha value is -5.16. The van der Waals surface area contributed by atoms with Crippen LogP contribution in [0.4, 0.5) is 21.0 Å². The maximum atomic E-state index is 12.6. The number of benzene rings is 4. The number of ether oxygens (including phenoxy) is 4. The molecule has 0 spiro atoms. The minimum atomic E-state index is -0.584. The topological polar surface area (TPSA) is 120 Å². The average molecular weight is 764 g/mol. The van der Waals surface area contributed by atoms with Gasteiger partial charge in [0.25, 0.3) is 0 Å². The van der Waals surface area contributed by atoms with Crippen LogP contribution in [0.25, 0.3) is 0 Å². The van der Waals surface area contributed by atoms with E-state index in [0.29, 0.717) is 17.7 Å². The van der Waals surface area contributed by atoms with Gasteiger partial charge in [-0.2, -0.15) is 0 Å². The van der Waals surface area contributed by atoms with Crippen molar-refractivity contribution in [3.8, 4) is 0 Å². The van der Waals surface area contributed by atoms with Crippen molar-refractivity contribution in [3.05, 3.63) is 131 Å². The van der Waals surface area contributed by atoms with E-state index in [1.54, 1.807) is 41.3 Å². The van der Waals surface area contributed by atoms with Crippen LogP contribution in [-0.2, 0) is 30.8 Å². The zero-order chi connectivity index (χ0) is 38.0. The van der Waals surface area contributed by atoms with Crippen molar-refractivity contribution in [1.82, 2.24) is 0 Å². The van der Waals surface area contributed by atoms with Gasteiger partial charge >= 0.3 is 24.1 Å². The maximum absolute atomic E-state index is 12.6. The predicted octanol–water partition coefficient (Wildman–Crippen LogP) is 9.82. The number of nitrogens with zero attached hydrogens (tertiary/aromatic N) is 1. The Balaban J connectivity index is 0.000000292. The van der Waals surface area contributed by atoms with Gasteiger partial charge in [0.15, 0.2) is 0 Å². The molecule has 0 atom stereocenters. The zero-order valence-corrected chi connectivity index (χ0v) is 32.0. The predicted molar refractivity (Wildman–Crippen MR) is 203 cm³/mol. The molecule has 2 amide bonds. The minimum Gasteiger partial charge on any atom is -0.465 e. The Kier molecular flexibility index (Phi) is 16.9. The fraction of sp³-hybridized carbons (Fsp3) is 0.300. The van der Waals surface area contributed by atoms with E-state index in [1.165, 1.54) is 14.2 Å². The fourth-order valence-electron chi connectivity index (χ4n) is 4.02. The van der Waals surface area contributed by atoms with Crippen molar-refractivity contribution < 1.29 is 38.1 Å². The highest BCUT2D eigenvalue weighted by atomic mass is 79.9. The largest absolute Gasteiger partial charge is 0.465 e. The van der Waals surface area contributed by atoms with E-state index in [2.05, 4.69) is 26.0 Å². The minimum absolute atomic E-state index is 0.295. The highest BCUT2D eigenvalue weighted by Gasteiger charge is 2.24. The van der Waals surface area contributed by atoms with Gasteiger partial charge in [0.1, 0.15) is 11.2 Å². The van der Waals surface area contributed by atoms with Crippen LogP contribution >= 0.6 is 15.9 Å².